The van der Waals surface area contributed by atoms with Crippen molar-refractivity contribution < 1.29 is 32.2 Å². The standard InChI is InChI=1S/C22H28O7S/c1-21(2,3)27-15-26-16-7-11-18(12-8-16)30(24,25)19-13-9-17(10-14-19)28-20(23)29-22(4,5)6/h7-14H,15H2,1-6H3. The Balaban J connectivity index is 2.05. The third kappa shape index (κ3) is 7.35. The summed E-state index contributed by atoms with van der Waals surface area (Å²) in [5.74, 6) is 0.685. The van der Waals surface area contributed by atoms with E-state index in [2.05, 4.69) is 0 Å². The molecule has 0 aliphatic carbocycles. The molecule has 30 heavy (non-hydrogen) atoms. The van der Waals surface area contributed by atoms with Crippen LogP contribution in [0.4, 0.5) is 4.79 Å². The Morgan fingerprint density at radius 1 is 0.767 bits per heavy atom. The van der Waals surface area contributed by atoms with Gasteiger partial charge >= 0.3 is 6.16 Å². The Kier molecular flexibility index (Phi) is 7.15. The fourth-order valence-electron chi connectivity index (χ4n) is 2.18. The summed E-state index contributed by atoms with van der Waals surface area (Å²) in [5, 5.41) is 0. The molecular formula is C22H28O7S. The van der Waals surface area contributed by atoms with Crippen LogP contribution in [0, 0.1) is 0 Å². The van der Waals surface area contributed by atoms with Gasteiger partial charge in [-0.15, -0.1) is 0 Å². The zero-order valence-corrected chi connectivity index (χ0v) is 18.9. The first-order valence-electron chi connectivity index (χ1n) is 9.39. The molecule has 2 aromatic carbocycles. The van der Waals surface area contributed by atoms with E-state index in [-0.39, 0.29) is 27.9 Å². The molecule has 0 saturated carbocycles. The van der Waals surface area contributed by atoms with Crippen LogP contribution in [0.1, 0.15) is 41.5 Å². The van der Waals surface area contributed by atoms with Gasteiger partial charge in [-0.05, 0) is 90.1 Å². The van der Waals surface area contributed by atoms with Crippen molar-refractivity contribution in [1.29, 1.82) is 0 Å². The SMILES string of the molecule is CC(C)(C)OCOc1ccc(S(=O)(=O)c2ccc(OC(=O)OC(C)(C)C)cc2)cc1. The van der Waals surface area contributed by atoms with E-state index in [1.54, 1.807) is 32.9 Å². The van der Waals surface area contributed by atoms with Gasteiger partial charge in [-0.25, -0.2) is 13.2 Å². The highest BCUT2D eigenvalue weighted by Crippen LogP contribution is 2.25. The Morgan fingerprint density at radius 3 is 1.67 bits per heavy atom. The summed E-state index contributed by atoms with van der Waals surface area (Å²) in [6.07, 6.45) is -0.857. The molecule has 0 aromatic heterocycles. The Morgan fingerprint density at radius 2 is 1.23 bits per heavy atom. The lowest BCUT2D eigenvalue weighted by Gasteiger charge is -2.19. The van der Waals surface area contributed by atoms with Crippen LogP contribution in [0.5, 0.6) is 11.5 Å². The van der Waals surface area contributed by atoms with E-state index in [0.29, 0.717) is 5.75 Å². The zero-order chi connectivity index (χ0) is 22.6. The first-order chi connectivity index (χ1) is 13.8. The van der Waals surface area contributed by atoms with Crippen molar-refractivity contribution in [2.45, 2.75) is 62.5 Å². The molecule has 0 amide bonds. The lowest BCUT2D eigenvalue weighted by molar-refractivity contribution is -0.0758. The van der Waals surface area contributed by atoms with Crippen LogP contribution in [0.3, 0.4) is 0 Å². The molecule has 0 atom stereocenters. The van der Waals surface area contributed by atoms with Crippen molar-refractivity contribution in [3.8, 4) is 11.5 Å². The van der Waals surface area contributed by atoms with Gasteiger partial charge in [0.15, 0.2) is 6.79 Å². The van der Waals surface area contributed by atoms with E-state index in [9.17, 15) is 13.2 Å². The summed E-state index contributed by atoms with van der Waals surface area (Å²) in [4.78, 5) is 11.9. The number of ether oxygens (including phenoxy) is 4. The van der Waals surface area contributed by atoms with Gasteiger partial charge in [0.25, 0.3) is 0 Å². The number of rotatable bonds is 6. The highest BCUT2D eigenvalue weighted by molar-refractivity contribution is 7.91. The van der Waals surface area contributed by atoms with Gasteiger partial charge in [0.05, 0.1) is 15.4 Å². The van der Waals surface area contributed by atoms with Crippen LogP contribution in [-0.4, -0.2) is 32.6 Å². The molecule has 0 fully saturated rings. The Hall–Kier alpha value is -2.58. The highest BCUT2D eigenvalue weighted by Gasteiger charge is 2.20. The van der Waals surface area contributed by atoms with Gasteiger partial charge in [-0.3, -0.25) is 0 Å². The maximum atomic E-state index is 12.8. The summed E-state index contributed by atoms with van der Waals surface area (Å²) in [6.45, 7) is 11.0. The minimum Gasteiger partial charge on any atom is -0.468 e. The second-order valence-electron chi connectivity index (χ2n) is 8.53. The minimum atomic E-state index is -3.73. The molecule has 164 valence electrons. The fraction of sp³-hybridized carbons (Fsp3) is 0.409. The van der Waals surface area contributed by atoms with E-state index >= 15 is 0 Å². The highest BCUT2D eigenvalue weighted by atomic mass is 32.2. The first-order valence-corrected chi connectivity index (χ1v) is 10.9. The third-order valence-electron chi connectivity index (χ3n) is 3.58. The fourth-order valence-corrected chi connectivity index (χ4v) is 3.44. The maximum absolute atomic E-state index is 12.8. The van der Waals surface area contributed by atoms with Crippen LogP contribution >= 0.6 is 0 Å². The first kappa shape index (κ1) is 23.7. The quantitative estimate of drug-likeness (QED) is 0.358. The predicted molar refractivity (Wildman–Crippen MR) is 112 cm³/mol. The Bertz CT molecular complexity index is 949. The molecule has 0 aliphatic heterocycles. The van der Waals surface area contributed by atoms with Crippen LogP contribution < -0.4 is 9.47 Å². The Labute approximate surface area is 177 Å². The summed E-state index contributed by atoms with van der Waals surface area (Å²) in [5.41, 5.74) is -1.02. The van der Waals surface area contributed by atoms with Crippen LogP contribution in [0.2, 0.25) is 0 Å². The third-order valence-corrected chi connectivity index (χ3v) is 5.36. The molecule has 0 aliphatic rings. The van der Waals surface area contributed by atoms with Gasteiger partial charge in [-0.2, -0.15) is 0 Å². The summed E-state index contributed by atoms with van der Waals surface area (Å²) in [6, 6.07) is 11.6. The zero-order valence-electron chi connectivity index (χ0n) is 18.1. The molecular weight excluding hydrogens is 408 g/mol. The monoisotopic (exact) mass is 436 g/mol. The largest absolute Gasteiger partial charge is 0.514 e. The van der Waals surface area contributed by atoms with E-state index in [1.807, 2.05) is 20.8 Å². The molecule has 2 rings (SSSR count). The van der Waals surface area contributed by atoms with Crippen molar-refractivity contribution in [1.82, 2.24) is 0 Å². The number of sulfone groups is 1. The summed E-state index contributed by atoms with van der Waals surface area (Å²) < 4.78 is 46.7. The second kappa shape index (κ2) is 9.06. The molecule has 0 bridgehead atoms. The van der Waals surface area contributed by atoms with Crippen LogP contribution in [-0.2, 0) is 19.3 Å². The number of hydrogen-bond donors (Lipinski definition) is 0. The van der Waals surface area contributed by atoms with Gasteiger partial charge in [0.2, 0.25) is 9.84 Å². The van der Waals surface area contributed by atoms with E-state index in [4.69, 9.17) is 18.9 Å². The lowest BCUT2D eigenvalue weighted by Crippen LogP contribution is -2.25. The number of carbonyl (C=O) groups excluding carboxylic acids is 1. The van der Waals surface area contributed by atoms with Crippen molar-refractivity contribution in [2.75, 3.05) is 6.79 Å². The topological polar surface area (TPSA) is 88.1 Å². The van der Waals surface area contributed by atoms with Gasteiger partial charge in [0, 0.05) is 0 Å². The number of hydrogen-bond acceptors (Lipinski definition) is 7. The van der Waals surface area contributed by atoms with E-state index in [0.717, 1.165) is 0 Å². The number of carbonyl (C=O) groups is 1. The molecule has 0 spiro atoms. The van der Waals surface area contributed by atoms with Crippen LogP contribution in [0.25, 0.3) is 0 Å². The van der Waals surface area contributed by atoms with Gasteiger partial charge < -0.3 is 18.9 Å². The van der Waals surface area contributed by atoms with Crippen molar-refractivity contribution >= 4 is 16.0 Å². The lowest BCUT2D eigenvalue weighted by atomic mass is 10.2. The summed E-state index contributed by atoms with van der Waals surface area (Å²) in [7, 11) is -3.73. The van der Waals surface area contributed by atoms with E-state index in [1.165, 1.54) is 36.4 Å². The van der Waals surface area contributed by atoms with Gasteiger partial charge in [0.1, 0.15) is 17.1 Å². The number of benzene rings is 2. The molecule has 0 heterocycles. The normalized spacial score (nSPS) is 12.3. The molecule has 7 nitrogen and oxygen atoms in total. The second-order valence-corrected chi connectivity index (χ2v) is 10.5. The van der Waals surface area contributed by atoms with Crippen molar-refractivity contribution in [3.05, 3.63) is 48.5 Å². The average molecular weight is 437 g/mol. The van der Waals surface area contributed by atoms with Crippen LogP contribution in [0.15, 0.2) is 58.3 Å². The molecule has 0 saturated heterocycles. The van der Waals surface area contributed by atoms with Crippen molar-refractivity contribution in [3.63, 3.8) is 0 Å². The van der Waals surface area contributed by atoms with E-state index < -0.39 is 21.6 Å². The predicted octanol–water partition coefficient (Wildman–Crippen LogP) is 4.98. The molecule has 0 unspecified atom stereocenters. The van der Waals surface area contributed by atoms with Crippen molar-refractivity contribution in [2.24, 2.45) is 0 Å². The molecule has 0 N–H and O–H groups in total. The smallest absolute Gasteiger partial charge is 0.468 e. The summed E-state index contributed by atoms with van der Waals surface area (Å²) >= 11 is 0. The molecule has 8 heteroatoms. The van der Waals surface area contributed by atoms with Gasteiger partial charge in [-0.1, -0.05) is 0 Å². The molecule has 0 radical (unpaired) electrons. The average Bonchev–Trinajstić information content (AvgIpc) is 2.60. The maximum Gasteiger partial charge on any atom is 0.514 e. The minimum absolute atomic E-state index is 0.0642. The molecule has 2 aromatic rings.